The van der Waals surface area contributed by atoms with Gasteiger partial charge in [-0.2, -0.15) is 0 Å². The molecule has 2 aromatic rings. The van der Waals surface area contributed by atoms with Crippen molar-refractivity contribution in [3.63, 3.8) is 0 Å². The summed E-state index contributed by atoms with van der Waals surface area (Å²) in [5, 5.41) is 0. The van der Waals surface area contributed by atoms with Crippen molar-refractivity contribution in [2.24, 2.45) is 0 Å². The molecule has 0 bridgehead atoms. The number of hydrogen-bond donors (Lipinski definition) is 0. The first-order valence-electron chi connectivity index (χ1n) is 8.61. The molecule has 0 heterocycles. The molecule has 0 amide bonds. The summed E-state index contributed by atoms with van der Waals surface area (Å²) in [6.07, 6.45) is -0.154. The van der Waals surface area contributed by atoms with Gasteiger partial charge in [-0.15, -0.1) is 0 Å². The molecule has 0 radical (unpaired) electrons. The molecule has 2 nitrogen and oxygen atoms in total. The molecule has 2 aromatic carbocycles. The molecule has 4 heteroatoms. The summed E-state index contributed by atoms with van der Waals surface area (Å²) >= 11 is 0. The molecular weight excluding hydrogens is 328 g/mol. The molecule has 0 saturated carbocycles. The van der Waals surface area contributed by atoms with Crippen LogP contribution in [-0.2, 0) is 8.85 Å². The lowest BCUT2D eigenvalue weighted by Crippen LogP contribution is -2.36. The molecule has 0 N–H and O–H groups in total. The molecule has 0 saturated heterocycles. The zero-order chi connectivity index (χ0) is 17.8. The van der Waals surface area contributed by atoms with E-state index in [1.807, 2.05) is 12.1 Å². The SMILES string of the molecule is C[Si](C)(C)O[C@H](c1ccccc1)[C@@H](O[Si](C)(C)C)c1ccccc1. The van der Waals surface area contributed by atoms with Gasteiger partial charge in [0.2, 0.25) is 0 Å². The standard InChI is InChI=1S/C20H30O2Si2/c1-23(2,3)21-19(17-13-9-7-10-14-17)20(22-24(4,5)6)18-15-11-8-12-16-18/h7-16,19-20H,1-6H3/t19-,20+. The van der Waals surface area contributed by atoms with Gasteiger partial charge in [-0.3, -0.25) is 0 Å². The van der Waals surface area contributed by atoms with Crippen LogP contribution in [-0.4, -0.2) is 16.6 Å². The molecule has 0 aliphatic carbocycles. The van der Waals surface area contributed by atoms with Crippen molar-refractivity contribution < 1.29 is 8.85 Å². The molecular formula is C20H30O2Si2. The van der Waals surface area contributed by atoms with Crippen molar-refractivity contribution in [2.75, 3.05) is 0 Å². The van der Waals surface area contributed by atoms with Crippen LogP contribution in [0.5, 0.6) is 0 Å². The van der Waals surface area contributed by atoms with E-state index in [0.717, 1.165) is 0 Å². The topological polar surface area (TPSA) is 18.5 Å². The van der Waals surface area contributed by atoms with Crippen molar-refractivity contribution in [1.82, 2.24) is 0 Å². The maximum Gasteiger partial charge on any atom is 0.184 e. The summed E-state index contributed by atoms with van der Waals surface area (Å²) in [7, 11) is -3.48. The number of hydrogen-bond acceptors (Lipinski definition) is 2. The van der Waals surface area contributed by atoms with Gasteiger partial charge in [0.15, 0.2) is 16.6 Å². The Morgan fingerprint density at radius 1 is 0.542 bits per heavy atom. The zero-order valence-corrected chi connectivity index (χ0v) is 17.7. The van der Waals surface area contributed by atoms with Crippen LogP contribution in [0.1, 0.15) is 23.3 Å². The van der Waals surface area contributed by atoms with Crippen LogP contribution in [0.15, 0.2) is 60.7 Å². The first kappa shape index (κ1) is 19.1. The quantitative estimate of drug-likeness (QED) is 0.551. The average Bonchev–Trinajstić information content (AvgIpc) is 2.50. The van der Waals surface area contributed by atoms with E-state index in [4.69, 9.17) is 8.85 Å². The van der Waals surface area contributed by atoms with Gasteiger partial charge in [0.05, 0.1) is 12.2 Å². The smallest absolute Gasteiger partial charge is 0.184 e. The Morgan fingerprint density at radius 3 is 1.08 bits per heavy atom. The minimum Gasteiger partial charge on any atom is -0.408 e. The van der Waals surface area contributed by atoms with Crippen LogP contribution in [0, 0.1) is 0 Å². The summed E-state index contributed by atoms with van der Waals surface area (Å²) in [5.41, 5.74) is 2.37. The number of rotatable bonds is 7. The molecule has 130 valence electrons. The zero-order valence-electron chi connectivity index (χ0n) is 15.7. The predicted molar refractivity (Wildman–Crippen MR) is 107 cm³/mol. The third-order valence-electron chi connectivity index (χ3n) is 3.49. The van der Waals surface area contributed by atoms with Crippen LogP contribution in [0.2, 0.25) is 39.3 Å². The Hall–Kier alpha value is -1.21. The van der Waals surface area contributed by atoms with E-state index in [1.54, 1.807) is 0 Å². The maximum atomic E-state index is 6.62. The van der Waals surface area contributed by atoms with E-state index in [2.05, 4.69) is 87.8 Å². The molecule has 0 unspecified atom stereocenters. The fourth-order valence-electron chi connectivity index (χ4n) is 2.66. The van der Waals surface area contributed by atoms with E-state index < -0.39 is 16.6 Å². The molecule has 0 aliphatic heterocycles. The van der Waals surface area contributed by atoms with Crippen molar-refractivity contribution >= 4 is 16.6 Å². The molecule has 24 heavy (non-hydrogen) atoms. The van der Waals surface area contributed by atoms with Crippen LogP contribution in [0.4, 0.5) is 0 Å². The van der Waals surface area contributed by atoms with Gasteiger partial charge >= 0.3 is 0 Å². The Kier molecular flexibility index (Phi) is 6.20. The minimum absolute atomic E-state index is 0.0769. The van der Waals surface area contributed by atoms with Gasteiger partial charge in [0.1, 0.15) is 0 Å². The van der Waals surface area contributed by atoms with Gasteiger partial charge in [-0.05, 0) is 50.4 Å². The van der Waals surface area contributed by atoms with E-state index in [0.29, 0.717) is 0 Å². The molecule has 0 aromatic heterocycles. The summed E-state index contributed by atoms with van der Waals surface area (Å²) in [6, 6.07) is 21.0. The first-order valence-corrected chi connectivity index (χ1v) is 15.4. The molecule has 0 fully saturated rings. The fourth-order valence-corrected chi connectivity index (χ4v) is 4.70. The van der Waals surface area contributed by atoms with Crippen molar-refractivity contribution in [3.05, 3.63) is 71.8 Å². The summed E-state index contributed by atoms with van der Waals surface area (Å²) in [4.78, 5) is 0. The van der Waals surface area contributed by atoms with Gasteiger partial charge in [-0.25, -0.2) is 0 Å². The van der Waals surface area contributed by atoms with Gasteiger partial charge in [0.25, 0.3) is 0 Å². The lowest BCUT2D eigenvalue weighted by Gasteiger charge is -2.36. The largest absolute Gasteiger partial charge is 0.408 e. The molecule has 2 atom stereocenters. The van der Waals surface area contributed by atoms with Crippen molar-refractivity contribution in [3.8, 4) is 0 Å². The van der Waals surface area contributed by atoms with E-state index in [9.17, 15) is 0 Å². The van der Waals surface area contributed by atoms with Crippen LogP contribution in [0.3, 0.4) is 0 Å². The second kappa shape index (κ2) is 7.78. The Morgan fingerprint density at radius 2 is 0.833 bits per heavy atom. The predicted octanol–water partition coefficient (Wildman–Crippen LogP) is 6.17. The second-order valence-corrected chi connectivity index (χ2v) is 17.0. The van der Waals surface area contributed by atoms with E-state index in [1.165, 1.54) is 11.1 Å². The first-order chi connectivity index (χ1) is 11.2. The highest BCUT2D eigenvalue weighted by molar-refractivity contribution is 6.70. The highest BCUT2D eigenvalue weighted by atomic mass is 28.4. The molecule has 2 rings (SSSR count). The third kappa shape index (κ3) is 6.02. The lowest BCUT2D eigenvalue weighted by atomic mass is 9.98. The second-order valence-electron chi connectivity index (χ2n) is 8.12. The Bertz CT molecular complexity index is 558. The van der Waals surface area contributed by atoms with E-state index >= 15 is 0 Å². The summed E-state index contributed by atoms with van der Waals surface area (Å²) < 4.78 is 13.2. The van der Waals surface area contributed by atoms with E-state index in [-0.39, 0.29) is 12.2 Å². The maximum absolute atomic E-state index is 6.62. The van der Waals surface area contributed by atoms with Gasteiger partial charge < -0.3 is 8.85 Å². The minimum atomic E-state index is -1.74. The van der Waals surface area contributed by atoms with Gasteiger partial charge in [-0.1, -0.05) is 60.7 Å². The fraction of sp³-hybridized carbons (Fsp3) is 0.400. The Labute approximate surface area is 149 Å². The summed E-state index contributed by atoms with van der Waals surface area (Å²) in [5.74, 6) is 0. The van der Waals surface area contributed by atoms with Crippen LogP contribution >= 0.6 is 0 Å². The monoisotopic (exact) mass is 358 g/mol. The molecule has 0 spiro atoms. The third-order valence-corrected chi connectivity index (χ3v) is 5.41. The number of benzene rings is 2. The van der Waals surface area contributed by atoms with Crippen LogP contribution in [0.25, 0.3) is 0 Å². The van der Waals surface area contributed by atoms with Gasteiger partial charge in [0, 0.05) is 0 Å². The summed E-state index contributed by atoms with van der Waals surface area (Å²) in [6.45, 7) is 13.4. The normalized spacial score (nSPS) is 15.1. The highest BCUT2D eigenvalue weighted by Crippen LogP contribution is 2.39. The van der Waals surface area contributed by atoms with Crippen molar-refractivity contribution in [1.29, 1.82) is 0 Å². The Balaban J connectivity index is 2.47. The van der Waals surface area contributed by atoms with Crippen LogP contribution < -0.4 is 0 Å². The van der Waals surface area contributed by atoms with Crippen molar-refractivity contribution in [2.45, 2.75) is 51.5 Å². The molecule has 0 aliphatic rings. The average molecular weight is 359 g/mol. The highest BCUT2D eigenvalue weighted by Gasteiger charge is 2.34. The lowest BCUT2D eigenvalue weighted by molar-refractivity contribution is 0.0420.